The van der Waals surface area contributed by atoms with Crippen LogP contribution in [0.15, 0.2) is 22.9 Å². The van der Waals surface area contributed by atoms with Crippen LogP contribution < -0.4 is 10.1 Å². The highest BCUT2D eigenvalue weighted by Gasteiger charge is 2.27. The molecule has 0 spiro atoms. The van der Waals surface area contributed by atoms with Gasteiger partial charge < -0.3 is 19.3 Å². The highest BCUT2D eigenvalue weighted by Crippen LogP contribution is 2.26. The van der Waals surface area contributed by atoms with E-state index in [1.54, 1.807) is 13.3 Å². The predicted molar refractivity (Wildman–Crippen MR) is 83.9 cm³/mol. The average Bonchev–Trinajstić information content (AvgIpc) is 3.03. The molecule has 23 heavy (non-hydrogen) atoms. The van der Waals surface area contributed by atoms with E-state index in [0.29, 0.717) is 30.8 Å². The van der Waals surface area contributed by atoms with Crippen LogP contribution in [0.5, 0.6) is 5.88 Å². The molecule has 1 fully saturated rings. The molecule has 1 aliphatic heterocycles. The van der Waals surface area contributed by atoms with Crippen LogP contribution in [0.3, 0.4) is 0 Å². The smallest absolute Gasteiger partial charge is 0.259 e. The van der Waals surface area contributed by atoms with Crippen molar-refractivity contribution in [1.82, 2.24) is 20.4 Å². The number of piperidine rings is 1. The van der Waals surface area contributed by atoms with Gasteiger partial charge in [-0.05, 0) is 25.5 Å². The van der Waals surface area contributed by atoms with Crippen molar-refractivity contribution < 1.29 is 14.0 Å². The van der Waals surface area contributed by atoms with Gasteiger partial charge in [-0.3, -0.25) is 0 Å². The van der Waals surface area contributed by atoms with Gasteiger partial charge in [-0.25, -0.2) is 4.98 Å². The molecular weight excluding hydrogens is 296 g/mol. The second kappa shape index (κ2) is 7.06. The van der Waals surface area contributed by atoms with E-state index < -0.39 is 0 Å². The van der Waals surface area contributed by atoms with Crippen LogP contribution >= 0.6 is 0 Å². The van der Waals surface area contributed by atoms with E-state index >= 15 is 0 Å². The monoisotopic (exact) mass is 318 g/mol. The topological polar surface area (TPSA) is 82.3 Å². The van der Waals surface area contributed by atoms with Gasteiger partial charge in [-0.1, -0.05) is 12.1 Å². The summed E-state index contributed by atoms with van der Waals surface area (Å²) in [5.74, 6) is 1.55. The predicted octanol–water partition coefficient (Wildman–Crippen LogP) is 2.05. The summed E-state index contributed by atoms with van der Waals surface area (Å²) in [5.41, 5.74) is 0.929. The van der Waals surface area contributed by atoms with E-state index in [1.807, 2.05) is 12.1 Å². The molecule has 124 valence electrons. The molecule has 7 nitrogen and oxygen atoms in total. The number of pyridine rings is 1. The summed E-state index contributed by atoms with van der Waals surface area (Å²) in [5, 5.41) is 7.25. The molecule has 1 atom stereocenters. The minimum Gasteiger partial charge on any atom is -0.477 e. The SMILES string of the molecule is COCc1noc(-c2ccc(OCC3(C)CCCNC3)nc2)n1. The molecule has 0 bridgehead atoms. The molecule has 3 heterocycles. The van der Waals surface area contributed by atoms with Crippen molar-refractivity contribution in [2.45, 2.75) is 26.4 Å². The van der Waals surface area contributed by atoms with Crippen LogP contribution in [0.25, 0.3) is 11.5 Å². The molecular formula is C16H22N4O3. The van der Waals surface area contributed by atoms with Crippen LogP contribution in [0, 0.1) is 5.41 Å². The van der Waals surface area contributed by atoms with Crippen molar-refractivity contribution in [3.05, 3.63) is 24.2 Å². The molecule has 2 aromatic heterocycles. The van der Waals surface area contributed by atoms with Gasteiger partial charge in [0, 0.05) is 31.3 Å². The Morgan fingerprint density at radius 3 is 3.00 bits per heavy atom. The molecule has 0 aliphatic carbocycles. The Labute approximate surface area is 135 Å². The van der Waals surface area contributed by atoms with E-state index in [-0.39, 0.29) is 5.41 Å². The standard InChI is InChI=1S/C16H22N4O3/c1-16(6-3-7-17-10-16)11-22-14-5-4-12(8-18-14)15-19-13(9-21-2)20-23-15/h4-5,8,17H,3,6-7,9-11H2,1-2H3. The molecule has 1 aliphatic rings. The molecule has 1 unspecified atom stereocenters. The summed E-state index contributed by atoms with van der Waals surface area (Å²) in [6, 6.07) is 3.70. The molecule has 7 heteroatoms. The Balaban J connectivity index is 1.60. The first kappa shape index (κ1) is 15.9. The summed E-state index contributed by atoms with van der Waals surface area (Å²) < 4.78 is 16.0. The van der Waals surface area contributed by atoms with Gasteiger partial charge in [0.15, 0.2) is 5.82 Å². The Morgan fingerprint density at radius 2 is 2.30 bits per heavy atom. The largest absolute Gasteiger partial charge is 0.477 e. The molecule has 2 aromatic rings. The summed E-state index contributed by atoms with van der Waals surface area (Å²) in [7, 11) is 1.59. The average molecular weight is 318 g/mol. The van der Waals surface area contributed by atoms with E-state index in [4.69, 9.17) is 14.0 Å². The third kappa shape index (κ3) is 4.05. The second-order valence-corrected chi connectivity index (χ2v) is 6.21. The summed E-state index contributed by atoms with van der Waals surface area (Å²) in [4.78, 5) is 8.56. The number of hydrogen-bond donors (Lipinski definition) is 1. The van der Waals surface area contributed by atoms with Crippen LogP contribution in [0.1, 0.15) is 25.6 Å². The number of nitrogens with one attached hydrogen (secondary N) is 1. The van der Waals surface area contributed by atoms with E-state index in [2.05, 4.69) is 27.4 Å². The first-order valence-corrected chi connectivity index (χ1v) is 7.80. The number of ether oxygens (including phenoxy) is 2. The van der Waals surface area contributed by atoms with Crippen LogP contribution in [-0.4, -0.2) is 41.9 Å². The van der Waals surface area contributed by atoms with Gasteiger partial charge >= 0.3 is 0 Å². The van der Waals surface area contributed by atoms with E-state index in [1.165, 1.54) is 12.8 Å². The Hall–Kier alpha value is -1.99. The highest BCUT2D eigenvalue weighted by molar-refractivity contribution is 5.51. The quantitative estimate of drug-likeness (QED) is 0.872. The fraction of sp³-hybridized carbons (Fsp3) is 0.562. The normalized spacial score (nSPS) is 21.3. The fourth-order valence-corrected chi connectivity index (χ4v) is 2.64. The Morgan fingerprint density at radius 1 is 1.39 bits per heavy atom. The van der Waals surface area contributed by atoms with Crippen molar-refractivity contribution in [3.8, 4) is 17.3 Å². The lowest BCUT2D eigenvalue weighted by Gasteiger charge is -2.33. The lowest BCUT2D eigenvalue weighted by atomic mass is 9.84. The van der Waals surface area contributed by atoms with E-state index in [9.17, 15) is 0 Å². The number of rotatable bonds is 6. The van der Waals surface area contributed by atoms with Gasteiger partial charge in [0.1, 0.15) is 6.61 Å². The van der Waals surface area contributed by atoms with Crippen LogP contribution in [-0.2, 0) is 11.3 Å². The third-order valence-electron chi connectivity index (χ3n) is 3.98. The molecule has 0 saturated carbocycles. The van der Waals surface area contributed by atoms with Crippen molar-refractivity contribution in [2.75, 3.05) is 26.8 Å². The maximum Gasteiger partial charge on any atom is 0.259 e. The number of methoxy groups -OCH3 is 1. The van der Waals surface area contributed by atoms with Gasteiger partial charge in [-0.15, -0.1) is 0 Å². The van der Waals surface area contributed by atoms with Crippen molar-refractivity contribution >= 4 is 0 Å². The maximum absolute atomic E-state index is 5.85. The second-order valence-electron chi connectivity index (χ2n) is 6.21. The first-order valence-electron chi connectivity index (χ1n) is 7.80. The van der Waals surface area contributed by atoms with E-state index in [0.717, 1.165) is 18.7 Å². The highest BCUT2D eigenvalue weighted by atomic mass is 16.5. The lowest BCUT2D eigenvalue weighted by Crippen LogP contribution is -2.41. The van der Waals surface area contributed by atoms with Crippen molar-refractivity contribution in [3.63, 3.8) is 0 Å². The van der Waals surface area contributed by atoms with Gasteiger partial charge in [0.25, 0.3) is 5.89 Å². The zero-order chi connectivity index (χ0) is 16.1. The molecule has 3 rings (SSSR count). The molecule has 0 radical (unpaired) electrons. The minimum absolute atomic E-state index is 0.167. The molecule has 0 aromatic carbocycles. The first-order chi connectivity index (χ1) is 11.2. The maximum atomic E-state index is 5.85. The van der Waals surface area contributed by atoms with Crippen molar-refractivity contribution in [2.24, 2.45) is 5.41 Å². The summed E-state index contributed by atoms with van der Waals surface area (Å²) in [6.07, 6.45) is 4.04. The van der Waals surface area contributed by atoms with Gasteiger partial charge in [-0.2, -0.15) is 4.98 Å². The third-order valence-corrected chi connectivity index (χ3v) is 3.98. The zero-order valence-corrected chi connectivity index (χ0v) is 13.5. The van der Waals surface area contributed by atoms with Gasteiger partial charge in [0.05, 0.1) is 12.2 Å². The summed E-state index contributed by atoms with van der Waals surface area (Å²) in [6.45, 7) is 5.30. The summed E-state index contributed by atoms with van der Waals surface area (Å²) >= 11 is 0. The van der Waals surface area contributed by atoms with Crippen molar-refractivity contribution in [1.29, 1.82) is 0 Å². The van der Waals surface area contributed by atoms with Crippen LogP contribution in [0.4, 0.5) is 0 Å². The number of nitrogens with zero attached hydrogens (tertiary/aromatic N) is 3. The number of aromatic nitrogens is 3. The molecule has 0 amide bonds. The Kier molecular flexibility index (Phi) is 4.88. The van der Waals surface area contributed by atoms with Crippen LogP contribution in [0.2, 0.25) is 0 Å². The fourth-order valence-electron chi connectivity index (χ4n) is 2.64. The minimum atomic E-state index is 0.167. The number of hydrogen-bond acceptors (Lipinski definition) is 7. The Bertz CT molecular complexity index is 621. The molecule has 1 saturated heterocycles. The lowest BCUT2D eigenvalue weighted by molar-refractivity contribution is 0.125. The molecule has 1 N–H and O–H groups in total. The zero-order valence-electron chi connectivity index (χ0n) is 13.5. The van der Waals surface area contributed by atoms with Gasteiger partial charge in [0.2, 0.25) is 5.88 Å².